The summed E-state index contributed by atoms with van der Waals surface area (Å²) in [5.74, 6) is -3.06. The average molecular weight is 888 g/mol. The Bertz CT molecular complexity index is 2170. The summed E-state index contributed by atoms with van der Waals surface area (Å²) in [6.45, 7) is 0. The van der Waals surface area contributed by atoms with Crippen molar-refractivity contribution < 1.29 is 103 Å². The van der Waals surface area contributed by atoms with E-state index in [4.69, 9.17) is 37.3 Å². The molecule has 0 aliphatic heterocycles. The van der Waals surface area contributed by atoms with Crippen LogP contribution in [0.4, 0.5) is 0 Å². The van der Waals surface area contributed by atoms with Gasteiger partial charge in [0.1, 0.15) is 34.2 Å². The van der Waals surface area contributed by atoms with E-state index in [1.807, 2.05) is 0 Å². The summed E-state index contributed by atoms with van der Waals surface area (Å²) < 4.78 is 67.9. The van der Waals surface area contributed by atoms with Crippen molar-refractivity contribution in [1.29, 1.82) is 0 Å². The van der Waals surface area contributed by atoms with Crippen LogP contribution in [-0.2, 0) is 16.5 Å². The van der Waals surface area contributed by atoms with Gasteiger partial charge in [-0.2, -0.15) is 0 Å². The molecule has 300 valence electrons. The van der Waals surface area contributed by atoms with Gasteiger partial charge in [0.15, 0.2) is 0 Å². The predicted molar refractivity (Wildman–Crippen MR) is 168 cm³/mol. The van der Waals surface area contributed by atoms with E-state index in [-0.39, 0.29) is 16.5 Å². The molecule has 3 aliphatic rings. The molecule has 6 aromatic rings. The summed E-state index contributed by atoms with van der Waals surface area (Å²) in [4.78, 5) is 95.2. The van der Waals surface area contributed by atoms with Crippen molar-refractivity contribution in [1.82, 2.24) is 29.9 Å². The Morgan fingerprint density at radius 3 is 0.525 bits per heavy atom. The number of pyridine rings is 6. The molecule has 23 heteroatoms. The maximum atomic E-state index is 11.8. The summed E-state index contributed by atoms with van der Waals surface area (Å²) in [7, 11) is -9.89. The SMILES string of the molecule is O=C1C(=O)c2cccnc2-c2ncccc21.O=C1C(=O)c2cccnc2-c2ncccc21.O=C1C(=O)c2cccnc2-c2ncccc21.[Ni+2].[O-][Cl+3]([O-])([O-])[O-].[O-][Cl+3]([O-])([O-])[O-]. The minimum Gasteiger partial charge on any atom is -0.285 e. The Labute approximate surface area is 344 Å². The van der Waals surface area contributed by atoms with Gasteiger partial charge in [0.25, 0.3) is 0 Å². The topological polar surface area (TPSA) is 364 Å². The molecular weight excluding hydrogens is 870 g/mol. The number of aromatic nitrogens is 6. The third kappa shape index (κ3) is 11.0. The number of rotatable bonds is 0. The molecule has 20 nitrogen and oxygen atoms in total. The molecule has 9 rings (SSSR count). The van der Waals surface area contributed by atoms with Gasteiger partial charge in [-0.05, 0) is 72.8 Å². The van der Waals surface area contributed by atoms with Gasteiger partial charge in [0.2, 0.25) is 34.7 Å². The fourth-order valence-corrected chi connectivity index (χ4v) is 5.40. The zero-order valence-electron chi connectivity index (χ0n) is 28.9. The normalized spacial score (nSPS) is 12.8. The molecule has 0 aromatic carbocycles. The van der Waals surface area contributed by atoms with Crippen molar-refractivity contribution in [3.8, 4) is 34.2 Å². The van der Waals surface area contributed by atoms with E-state index in [2.05, 4.69) is 29.9 Å². The number of hydrogen-bond donors (Lipinski definition) is 0. The first-order chi connectivity index (χ1) is 27.4. The standard InChI is InChI=1S/3C12H6N2O2.2ClHO4.Ni/c3*15-11-7-3-1-5-13-9(7)10-8(12(11)16)4-2-6-14-10;2*2-1(3,4)5;/h3*1-6H;2*(H,2,3,4,5);/q;;;;;+2/p-2. The molecule has 6 heterocycles. The van der Waals surface area contributed by atoms with E-state index in [0.717, 1.165) is 0 Å². The van der Waals surface area contributed by atoms with Crippen molar-refractivity contribution in [3.05, 3.63) is 143 Å². The molecule has 0 bridgehead atoms. The van der Waals surface area contributed by atoms with Gasteiger partial charge in [0.05, 0.1) is 33.4 Å². The predicted octanol–water partition coefficient (Wildman–Crippen LogP) is -4.95. The monoisotopic (exact) mass is 886 g/mol. The third-order valence-corrected chi connectivity index (χ3v) is 7.61. The zero-order chi connectivity index (χ0) is 42.4. The van der Waals surface area contributed by atoms with Crippen LogP contribution in [0.1, 0.15) is 62.1 Å². The summed E-state index contributed by atoms with van der Waals surface area (Å²) in [6, 6.07) is 19.4. The summed E-state index contributed by atoms with van der Waals surface area (Å²) in [5.41, 5.74) is 4.92. The Morgan fingerprint density at radius 1 is 0.288 bits per heavy atom. The van der Waals surface area contributed by atoms with Crippen molar-refractivity contribution in [2.75, 3.05) is 0 Å². The molecule has 0 spiro atoms. The molecule has 0 amide bonds. The van der Waals surface area contributed by atoms with Crippen molar-refractivity contribution in [2.24, 2.45) is 0 Å². The van der Waals surface area contributed by atoms with Crippen LogP contribution in [0.5, 0.6) is 0 Å². The molecule has 0 unspecified atom stereocenters. The fourth-order valence-electron chi connectivity index (χ4n) is 5.40. The Balaban J connectivity index is 0.000000174. The van der Waals surface area contributed by atoms with Crippen molar-refractivity contribution in [2.45, 2.75) is 0 Å². The quantitative estimate of drug-likeness (QED) is 0.102. The van der Waals surface area contributed by atoms with Gasteiger partial charge in [-0.3, -0.25) is 58.7 Å². The van der Waals surface area contributed by atoms with Gasteiger partial charge in [-0.25, -0.2) is 37.3 Å². The summed E-state index contributed by atoms with van der Waals surface area (Å²) >= 11 is 0. The number of ketones is 6. The summed E-state index contributed by atoms with van der Waals surface area (Å²) in [5, 5.41) is 0. The van der Waals surface area contributed by atoms with Crippen LogP contribution in [0.3, 0.4) is 0 Å². The molecule has 3 aliphatic carbocycles. The van der Waals surface area contributed by atoms with Crippen molar-refractivity contribution >= 4 is 34.7 Å². The number of fused-ring (bicyclic) bond motifs is 9. The summed E-state index contributed by atoms with van der Waals surface area (Å²) in [6.07, 6.45) is 9.50. The van der Waals surface area contributed by atoms with Gasteiger partial charge in [-0.15, -0.1) is 20.5 Å². The third-order valence-electron chi connectivity index (χ3n) is 7.61. The number of nitrogens with zero attached hydrogens (tertiary/aromatic N) is 6. The van der Waals surface area contributed by atoms with Crippen LogP contribution in [0.2, 0.25) is 0 Å². The van der Waals surface area contributed by atoms with Crippen molar-refractivity contribution in [3.63, 3.8) is 0 Å². The number of halogens is 2. The molecular formula is C36H18Cl2N6NiO14. The minimum absolute atomic E-state index is 0. The van der Waals surface area contributed by atoms with Gasteiger partial charge in [-0.1, -0.05) is 0 Å². The van der Waals surface area contributed by atoms with Crippen LogP contribution in [-0.4, -0.2) is 64.6 Å². The van der Waals surface area contributed by atoms with Crippen LogP contribution in [0, 0.1) is 20.5 Å². The van der Waals surface area contributed by atoms with E-state index in [0.29, 0.717) is 67.5 Å². The molecule has 59 heavy (non-hydrogen) atoms. The number of hydrogen-bond acceptors (Lipinski definition) is 20. The molecule has 6 aromatic heterocycles. The maximum Gasteiger partial charge on any atom is 2.00 e. The number of carbonyl (C=O) groups is 6. The molecule has 0 N–H and O–H groups in total. The maximum absolute atomic E-state index is 11.8. The molecule has 0 radical (unpaired) electrons. The molecule has 0 saturated carbocycles. The van der Waals surface area contributed by atoms with E-state index >= 15 is 0 Å². The number of Topliss-reactive ketones (excluding diaryl/α,β-unsaturated/α-hetero) is 6. The van der Waals surface area contributed by atoms with Crippen LogP contribution in [0.25, 0.3) is 34.2 Å². The first-order valence-electron chi connectivity index (χ1n) is 15.6. The Kier molecular flexibility index (Phi) is 14.6. The van der Waals surface area contributed by atoms with E-state index < -0.39 is 55.2 Å². The first kappa shape index (κ1) is 45.4. The second kappa shape index (κ2) is 19.0. The van der Waals surface area contributed by atoms with Gasteiger partial charge < -0.3 is 0 Å². The van der Waals surface area contributed by atoms with E-state index in [1.165, 1.54) is 0 Å². The second-order valence-corrected chi connectivity index (χ2v) is 12.6. The Morgan fingerprint density at radius 2 is 0.407 bits per heavy atom. The largest absolute Gasteiger partial charge is 2.00 e. The molecule has 0 atom stereocenters. The fraction of sp³-hybridized carbons (Fsp3) is 0. The zero-order valence-corrected chi connectivity index (χ0v) is 31.4. The van der Waals surface area contributed by atoms with Gasteiger partial charge >= 0.3 is 16.5 Å². The van der Waals surface area contributed by atoms with Crippen LogP contribution >= 0.6 is 0 Å². The average Bonchev–Trinajstić information content (AvgIpc) is 3.20. The molecule has 0 fully saturated rings. The van der Waals surface area contributed by atoms with E-state index in [9.17, 15) is 28.8 Å². The first-order valence-corrected chi connectivity index (χ1v) is 18.1. The van der Waals surface area contributed by atoms with E-state index in [1.54, 1.807) is 110 Å². The van der Waals surface area contributed by atoms with Gasteiger partial charge in [0, 0.05) is 37.2 Å². The number of carbonyl (C=O) groups excluding carboxylic acids is 6. The Hall–Kier alpha value is -6.33. The van der Waals surface area contributed by atoms with Crippen LogP contribution < -0.4 is 37.3 Å². The molecule has 0 saturated heterocycles. The van der Waals surface area contributed by atoms with Crippen LogP contribution in [0.15, 0.2) is 110 Å². The smallest absolute Gasteiger partial charge is 0.285 e. The second-order valence-electron chi connectivity index (χ2n) is 11.1. The minimum atomic E-state index is -4.94.